The molecule has 1 rings (SSSR count). The molecule has 0 fully saturated rings. The van der Waals surface area contributed by atoms with Gasteiger partial charge in [-0.05, 0) is 24.6 Å². The summed E-state index contributed by atoms with van der Waals surface area (Å²) in [5.41, 5.74) is 0.448. The van der Waals surface area contributed by atoms with Crippen LogP contribution in [-0.2, 0) is 6.18 Å². The maximum absolute atomic E-state index is 12.5. The van der Waals surface area contributed by atoms with Crippen molar-refractivity contribution in [2.75, 3.05) is 13.6 Å². The Morgan fingerprint density at radius 3 is 2.50 bits per heavy atom. The zero-order valence-corrected chi connectivity index (χ0v) is 9.30. The fourth-order valence-corrected chi connectivity index (χ4v) is 1.29. The molecule has 0 spiro atoms. The van der Waals surface area contributed by atoms with E-state index in [0.29, 0.717) is 17.8 Å². The van der Waals surface area contributed by atoms with E-state index in [1.165, 1.54) is 6.07 Å². The lowest BCUT2D eigenvalue weighted by molar-refractivity contribution is -0.137. The minimum atomic E-state index is -4.30. The molecule has 0 aliphatic heterocycles. The van der Waals surface area contributed by atoms with Crippen molar-refractivity contribution in [2.24, 2.45) is 0 Å². The van der Waals surface area contributed by atoms with E-state index in [1.54, 1.807) is 18.0 Å². The lowest BCUT2D eigenvalue weighted by Gasteiger charge is -2.20. The lowest BCUT2D eigenvalue weighted by atomic mass is 10.1. The molecule has 0 saturated heterocycles. The monoisotopic (exact) mass is 229 g/mol. The first-order valence-corrected chi connectivity index (χ1v) is 4.94. The van der Waals surface area contributed by atoms with E-state index >= 15 is 0 Å². The van der Waals surface area contributed by atoms with Crippen LogP contribution in [0.25, 0.3) is 5.70 Å². The van der Waals surface area contributed by atoms with Crippen molar-refractivity contribution in [1.82, 2.24) is 4.90 Å². The van der Waals surface area contributed by atoms with Crippen LogP contribution >= 0.6 is 0 Å². The summed E-state index contributed by atoms with van der Waals surface area (Å²) in [6, 6.07) is 5.20. The minimum Gasteiger partial charge on any atom is -0.375 e. The number of rotatable bonds is 3. The van der Waals surface area contributed by atoms with Gasteiger partial charge >= 0.3 is 6.18 Å². The highest BCUT2D eigenvalue weighted by Crippen LogP contribution is 2.31. The van der Waals surface area contributed by atoms with E-state index in [2.05, 4.69) is 6.58 Å². The fraction of sp³-hybridized carbons (Fsp3) is 0.333. The van der Waals surface area contributed by atoms with Gasteiger partial charge in [0.25, 0.3) is 0 Å². The van der Waals surface area contributed by atoms with Gasteiger partial charge in [0.1, 0.15) is 0 Å². The Kier molecular flexibility index (Phi) is 3.62. The summed E-state index contributed by atoms with van der Waals surface area (Å²) in [7, 11) is 1.79. The van der Waals surface area contributed by atoms with E-state index in [1.807, 2.05) is 6.92 Å². The van der Waals surface area contributed by atoms with Crippen LogP contribution in [0.3, 0.4) is 0 Å². The summed E-state index contributed by atoms with van der Waals surface area (Å²) in [5, 5.41) is 0. The van der Waals surface area contributed by atoms with Crippen molar-refractivity contribution >= 4 is 5.70 Å². The minimum absolute atomic E-state index is 0.499. The average Bonchev–Trinajstić information content (AvgIpc) is 2.26. The maximum Gasteiger partial charge on any atom is 0.416 e. The highest BCUT2D eigenvalue weighted by molar-refractivity contribution is 5.62. The first-order valence-electron chi connectivity index (χ1n) is 4.94. The number of nitrogens with zero attached hydrogens (tertiary/aromatic N) is 1. The van der Waals surface area contributed by atoms with Gasteiger partial charge in [0.05, 0.1) is 5.56 Å². The third kappa shape index (κ3) is 2.78. The predicted octanol–water partition coefficient (Wildman–Crippen LogP) is 3.63. The van der Waals surface area contributed by atoms with Gasteiger partial charge in [0, 0.05) is 19.3 Å². The van der Waals surface area contributed by atoms with Crippen LogP contribution in [0.2, 0.25) is 0 Å². The van der Waals surface area contributed by atoms with Gasteiger partial charge in [-0.3, -0.25) is 0 Å². The SMILES string of the molecule is C=C(c1cccc(C(F)(F)F)c1)N(C)CC. The van der Waals surface area contributed by atoms with Crippen molar-refractivity contribution in [3.05, 3.63) is 42.0 Å². The third-order valence-corrected chi connectivity index (χ3v) is 2.46. The second-order valence-electron chi connectivity index (χ2n) is 3.54. The first-order chi connectivity index (χ1) is 7.36. The Balaban J connectivity index is 3.04. The van der Waals surface area contributed by atoms with Crippen molar-refractivity contribution in [1.29, 1.82) is 0 Å². The topological polar surface area (TPSA) is 3.24 Å². The van der Waals surface area contributed by atoms with Gasteiger partial charge in [-0.1, -0.05) is 18.7 Å². The molecule has 16 heavy (non-hydrogen) atoms. The molecular weight excluding hydrogens is 215 g/mol. The van der Waals surface area contributed by atoms with Crippen molar-refractivity contribution < 1.29 is 13.2 Å². The summed E-state index contributed by atoms with van der Waals surface area (Å²) in [5.74, 6) is 0. The molecule has 1 aromatic rings. The normalized spacial score (nSPS) is 11.3. The fourth-order valence-electron chi connectivity index (χ4n) is 1.29. The molecule has 4 heteroatoms. The lowest BCUT2D eigenvalue weighted by Crippen LogP contribution is -2.15. The van der Waals surface area contributed by atoms with E-state index in [9.17, 15) is 13.2 Å². The Hall–Kier alpha value is -1.45. The van der Waals surface area contributed by atoms with E-state index in [-0.39, 0.29) is 0 Å². The van der Waals surface area contributed by atoms with Gasteiger partial charge < -0.3 is 4.90 Å². The largest absolute Gasteiger partial charge is 0.416 e. The zero-order valence-electron chi connectivity index (χ0n) is 9.30. The molecule has 0 aliphatic rings. The highest BCUT2D eigenvalue weighted by atomic mass is 19.4. The second kappa shape index (κ2) is 4.60. The summed E-state index contributed by atoms with van der Waals surface area (Å²) < 4.78 is 37.4. The molecule has 0 bridgehead atoms. The van der Waals surface area contributed by atoms with E-state index < -0.39 is 11.7 Å². The van der Waals surface area contributed by atoms with E-state index in [0.717, 1.165) is 12.1 Å². The summed E-state index contributed by atoms with van der Waals surface area (Å²) in [6.07, 6.45) is -4.30. The van der Waals surface area contributed by atoms with Gasteiger partial charge in [0.2, 0.25) is 0 Å². The molecule has 0 atom stereocenters. The number of hydrogen-bond acceptors (Lipinski definition) is 1. The highest BCUT2D eigenvalue weighted by Gasteiger charge is 2.30. The van der Waals surface area contributed by atoms with Crippen molar-refractivity contribution in [3.8, 4) is 0 Å². The Morgan fingerprint density at radius 1 is 1.38 bits per heavy atom. The van der Waals surface area contributed by atoms with Crippen molar-refractivity contribution in [2.45, 2.75) is 13.1 Å². The molecule has 0 unspecified atom stereocenters. The number of halogens is 3. The van der Waals surface area contributed by atoms with E-state index in [4.69, 9.17) is 0 Å². The van der Waals surface area contributed by atoms with Gasteiger partial charge in [0.15, 0.2) is 0 Å². The molecule has 0 saturated carbocycles. The predicted molar refractivity (Wildman–Crippen MR) is 58.8 cm³/mol. The Morgan fingerprint density at radius 2 is 2.00 bits per heavy atom. The Bertz CT molecular complexity index is 382. The molecule has 0 radical (unpaired) electrons. The number of alkyl halides is 3. The van der Waals surface area contributed by atoms with Crippen LogP contribution in [-0.4, -0.2) is 18.5 Å². The summed E-state index contributed by atoms with van der Waals surface area (Å²) in [4.78, 5) is 1.80. The van der Waals surface area contributed by atoms with Crippen LogP contribution < -0.4 is 0 Å². The Labute approximate surface area is 93.2 Å². The van der Waals surface area contributed by atoms with Crippen LogP contribution in [0, 0.1) is 0 Å². The molecule has 1 nitrogen and oxygen atoms in total. The second-order valence-corrected chi connectivity index (χ2v) is 3.54. The number of hydrogen-bond donors (Lipinski definition) is 0. The van der Waals surface area contributed by atoms with Gasteiger partial charge in [-0.15, -0.1) is 0 Å². The van der Waals surface area contributed by atoms with Crippen LogP contribution in [0.5, 0.6) is 0 Å². The summed E-state index contributed by atoms with van der Waals surface area (Å²) in [6.45, 7) is 6.40. The number of benzene rings is 1. The van der Waals surface area contributed by atoms with Crippen LogP contribution in [0.15, 0.2) is 30.8 Å². The maximum atomic E-state index is 12.5. The summed E-state index contributed by atoms with van der Waals surface area (Å²) >= 11 is 0. The van der Waals surface area contributed by atoms with Crippen molar-refractivity contribution in [3.63, 3.8) is 0 Å². The van der Waals surface area contributed by atoms with Gasteiger partial charge in [-0.25, -0.2) is 0 Å². The molecular formula is C12H14F3N. The molecule has 0 aromatic heterocycles. The molecule has 0 N–H and O–H groups in total. The quantitative estimate of drug-likeness (QED) is 0.765. The molecule has 88 valence electrons. The van der Waals surface area contributed by atoms with Crippen LogP contribution in [0.4, 0.5) is 13.2 Å². The first kappa shape index (κ1) is 12.6. The molecule has 1 aromatic carbocycles. The van der Waals surface area contributed by atoms with Gasteiger partial charge in [-0.2, -0.15) is 13.2 Å². The zero-order chi connectivity index (χ0) is 12.3. The smallest absolute Gasteiger partial charge is 0.375 e. The average molecular weight is 229 g/mol. The third-order valence-electron chi connectivity index (χ3n) is 2.46. The van der Waals surface area contributed by atoms with Crippen LogP contribution in [0.1, 0.15) is 18.1 Å². The molecule has 0 heterocycles. The molecule has 0 amide bonds. The molecule has 0 aliphatic carbocycles. The standard InChI is InChI=1S/C12H14F3N/c1-4-16(3)9(2)10-6-5-7-11(8-10)12(13,14)15/h5-8H,2,4H2,1,3H3.